The first-order chi connectivity index (χ1) is 11.8. The highest BCUT2D eigenvalue weighted by Gasteiger charge is 2.10. The first-order valence-corrected chi connectivity index (χ1v) is 8.33. The number of aliphatic hydroxyl groups is 1. The zero-order chi connectivity index (χ0) is 16.8. The van der Waals surface area contributed by atoms with Gasteiger partial charge < -0.3 is 10.4 Å². The quantitative estimate of drug-likeness (QED) is 0.688. The van der Waals surface area contributed by atoms with Crippen LogP contribution in [0.3, 0.4) is 0 Å². The van der Waals surface area contributed by atoms with E-state index in [4.69, 9.17) is 11.6 Å². The van der Waals surface area contributed by atoms with Gasteiger partial charge in [0.15, 0.2) is 0 Å². The molecule has 2 aromatic carbocycles. The third-order valence-corrected chi connectivity index (χ3v) is 4.15. The molecular weight excluding hydrogens is 322 g/mol. The highest BCUT2D eigenvalue weighted by atomic mass is 35.5. The van der Waals surface area contributed by atoms with E-state index in [1.54, 1.807) is 0 Å². The molecule has 0 aliphatic rings. The van der Waals surface area contributed by atoms with Crippen molar-refractivity contribution in [2.45, 2.75) is 19.0 Å². The van der Waals surface area contributed by atoms with Gasteiger partial charge >= 0.3 is 0 Å². The first-order valence-electron chi connectivity index (χ1n) is 7.95. The molecule has 3 aromatic rings. The summed E-state index contributed by atoms with van der Waals surface area (Å²) in [5.74, 6) is 0. The van der Waals surface area contributed by atoms with E-state index in [-0.39, 0.29) is 12.6 Å². The third kappa shape index (κ3) is 4.23. The number of benzene rings is 2. The Morgan fingerprint density at radius 2 is 1.83 bits per heavy atom. The summed E-state index contributed by atoms with van der Waals surface area (Å²) in [5, 5.41) is 17.9. The fourth-order valence-corrected chi connectivity index (χ4v) is 2.75. The molecule has 3 rings (SSSR count). The lowest BCUT2D eigenvalue weighted by Gasteiger charge is -2.17. The largest absolute Gasteiger partial charge is 0.396 e. The van der Waals surface area contributed by atoms with Gasteiger partial charge in [0.05, 0.1) is 11.9 Å². The van der Waals surface area contributed by atoms with E-state index in [1.165, 1.54) is 5.56 Å². The molecule has 0 unspecified atom stereocenters. The molecule has 0 spiro atoms. The van der Waals surface area contributed by atoms with E-state index in [9.17, 15) is 5.11 Å². The number of nitrogens with zero attached hydrogens (tertiary/aromatic N) is 2. The number of aliphatic hydroxyl groups excluding tert-OH is 1. The van der Waals surface area contributed by atoms with E-state index >= 15 is 0 Å². The van der Waals surface area contributed by atoms with Crippen molar-refractivity contribution < 1.29 is 5.11 Å². The highest BCUT2D eigenvalue weighted by molar-refractivity contribution is 6.30. The van der Waals surface area contributed by atoms with E-state index < -0.39 is 0 Å². The predicted octanol–water partition coefficient (Wildman–Crippen LogP) is 3.74. The molecule has 0 aliphatic heterocycles. The summed E-state index contributed by atoms with van der Waals surface area (Å²) in [6, 6.07) is 17.9. The van der Waals surface area contributed by atoms with Gasteiger partial charge in [0.25, 0.3) is 0 Å². The Balaban J connectivity index is 1.66. The van der Waals surface area contributed by atoms with Gasteiger partial charge in [0.2, 0.25) is 0 Å². The SMILES string of the molecule is OCC[C@@H](NCc1cnn(-c2ccc(Cl)cc2)c1)c1ccccc1. The Morgan fingerprint density at radius 1 is 1.08 bits per heavy atom. The van der Waals surface area contributed by atoms with Gasteiger partial charge in [0.1, 0.15) is 0 Å². The number of nitrogens with one attached hydrogen (secondary N) is 1. The van der Waals surface area contributed by atoms with Gasteiger partial charge in [-0.15, -0.1) is 0 Å². The first kappa shape index (κ1) is 16.7. The van der Waals surface area contributed by atoms with Crippen LogP contribution in [0.25, 0.3) is 5.69 Å². The van der Waals surface area contributed by atoms with Crippen LogP contribution in [0, 0.1) is 0 Å². The molecule has 0 saturated carbocycles. The molecule has 1 atom stereocenters. The van der Waals surface area contributed by atoms with Crippen LogP contribution in [0.2, 0.25) is 5.02 Å². The molecule has 24 heavy (non-hydrogen) atoms. The molecule has 5 heteroatoms. The molecule has 124 valence electrons. The summed E-state index contributed by atoms with van der Waals surface area (Å²) in [5.41, 5.74) is 3.24. The summed E-state index contributed by atoms with van der Waals surface area (Å²) in [4.78, 5) is 0. The Labute approximate surface area is 146 Å². The lowest BCUT2D eigenvalue weighted by atomic mass is 10.0. The predicted molar refractivity (Wildman–Crippen MR) is 96.3 cm³/mol. The normalized spacial score (nSPS) is 12.2. The second-order valence-electron chi connectivity index (χ2n) is 5.63. The second-order valence-corrected chi connectivity index (χ2v) is 6.06. The molecule has 0 fully saturated rings. The van der Waals surface area contributed by atoms with E-state index in [0.717, 1.165) is 11.3 Å². The number of halogens is 1. The third-order valence-electron chi connectivity index (χ3n) is 3.90. The number of hydrogen-bond acceptors (Lipinski definition) is 3. The van der Waals surface area contributed by atoms with Crippen molar-refractivity contribution in [3.05, 3.63) is 83.1 Å². The van der Waals surface area contributed by atoms with Crippen LogP contribution in [-0.4, -0.2) is 21.5 Å². The molecule has 4 nitrogen and oxygen atoms in total. The van der Waals surface area contributed by atoms with Crippen LogP contribution >= 0.6 is 11.6 Å². The van der Waals surface area contributed by atoms with Gasteiger partial charge in [-0.1, -0.05) is 41.9 Å². The maximum atomic E-state index is 9.30. The molecule has 0 aliphatic carbocycles. The van der Waals surface area contributed by atoms with E-state index in [2.05, 4.69) is 22.5 Å². The van der Waals surface area contributed by atoms with Crippen molar-refractivity contribution in [2.24, 2.45) is 0 Å². The minimum atomic E-state index is 0.120. The van der Waals surface area contributed by atoms with Crippen molar-refractivity contribution in [1.29, 1.82) is 0 Å². The zero-order valence-electron chi connectivity index (χ0n) is 13.3. The Bertz CT molecular complexity index is 756. The minimum Gasteiger partial charge on any atom is -0.396 e. The molecule has 1 aromatic heterocycles. The minimum absolute atomic E-state index is 0.120. The molecule has 0 bridgehead atoms. The van der Waals surface area contributed by atoms with E-state index in [1.807, 2.05) is 59.5 Å². The number of aromatic nitrogens is 2. The maximum Gasteiger partial charge on any atom is 0.0646 e. The van der Waals surface area contributed by atoms with Gasteiger partial charge in [-0.2, -0.15) is 5.10 Å². The topological polar surface area (TPSA) is 50.1 Å². The average Bonchev–Trinajstić information content (AvgIpc) is 3.09. The summed E-state index contributed by atoms with van der Waals surface area (Å²) >= 11 is 5.92. The molecule has 0 radical (unpaired) electrons. The van der Waals surface area contributed by atoms with Gasteiger partial charge in [-0.3, -0.25) is 0 Å². The lowest BCUT2D eigenvalue weighted by Crippen LogP contribution is -2.21. The second kappa shape index (κ2) is 8.11. The van der Waals surface area contributed by atoms with Crippen LogP contribution in [0.1, 0.15) is 23.6 Å². The Kier molecular flexibility index (Phi) is 5.64. The van der Waals surface area contributed by atoms with Crippen LogP contribution in [0.5, 0.6) is 0 Å². The van der Waals surface area contributed by atoms with Crippen LogP contribution < -0.4 is 5.32 Å². The molecule has 0 saturated heterocycles. The van der Waals surface area contributed by atoms with Crippen molar-refractivity contribution in [1.82, 2.24) is 15.1 Å². The lowest BCUT2D eigenvalue weighted by molar-refractivity contribution is 0.265. The molecule has 1 heterocycles. The number of hydrogen-bond donors (Lipinski definition) is 2. The highest BCUT2D eigenvalue weighted by Crippen LogP contribution is 2.17. The summed E-state index contributed by atoms with van der Waals surface area (Å²) in [6.45, 7) is 0.837. The molecule has 0 amide bonds. The monoisotopic (exact) mass is 341 g/mol. The average molecular weight is 342 g/mol. The van der Waals surface area contributed by atoms with Crippen molar-refractivity contribution in [2.75, 3.05) is 6.61 Å². The van der Waals surface area contributed by atoms with Crippen LogP contribution in [0.15, 0.2) is 67.0 Å². The van der Waals surface area contributed by atoms with Crippen LogP contribution in [0.4, 0.5) is 0 Å². The molecular formula is C19H20ClN3O. The fraction of sp³-hybridized carbons (Fsp3) is 0.211. The summed E-state index contributed by atoms with van der Waals surface area (Å²) < 4.78 is 1.83. The van der Waals surface area contributed by atoms with E-state index in [0.29, 0.717) is 18.0 Å². The standard InChI is InChI=1S/C19H20ClN3O/c20-17-6-8-18(9-7-17)23-14-15(13-22-23)12-21-19(10-11-24)16-4-2-1-3-5-16/h1-9,13-14,19,21,24H,10-12H2/t19-/m1/s1. The fourth-order valence-electron chi connectivity index (χ4n) is 2.63. The van der Waals surface area contributed by atoms with Crippen molar-refractivity contribution in [3.63, 3.8) is 0 Å². The van der Waals surface area contributed by atoms with Crippen molar-refractivity contribution in [3.8, 4) is 5.69 Å². The van der Waals surface area contributed by atoms with Gasteiger partial charge in [-0.05, 0) is 36.2 Å². The summed E-state index contributed by atoms with van der Waals surface area (Å²) in [7, 11) is 0. The van der Waals surface area contributed by atoms with Crippen molar-refractivity contribution >= 4 is 11.6 Å². The maximum absolute atomic E-state index is 9.30. The van der Waals surface area contributed by atoms with Gasteiger partial charge in [-0.25, -0.2) is 4.68 Å². The smallest absolute Gasteiger partial charge is 0.0646 e. The summed E-state index contributed by atoms with van der Waals surface area (Å²) in [6.07, 6.45) is 4.52. The number of rotatable bonds is 7. The van der Waals surface area contributed by atoms with Gasteiger partial charge in [0, 0.05) is 36.0 Å². The molecule has 2 N–H and O–H groups in total. The zero-order valence-corrected chi connectivity index (χ0v) is 14.0. The Morgan fingerprint density at radius 3 is 2.54 bits per heavy atom. The van der Waals surface area contributed by atoms with Crippen LogP contribution in [-0.2, 0) is 6.54 Å². The Hall–Kier alpha value is -2.14.